The molecule has 0 atom stereocenters. The normalized spacial score (nSPS) is 13.1. The third-order valence-corrected chi connectivity index (χ3v) is 12.7. The van der Waals surface area contributed by atoms with Crippen LogP contribution >= 0.6 is 0 Å². The lowest BCUT2D eigenvalue weighted by atomic mass is 9.82. The molecule has 0 unspecified atom stereocenters. The van der Waals surface area contributed by atoms with Gasteiger partial charge in [0.1, 0.15) is 0 Å². The first kappa shape index (κ1) is 33.6. The van der Waals surface area contributed by atoms with Crippen molar-refractivity contribution in [1.82, 2.24) is 15.0 Å². The summed E-state index contributed by atoms with van der Waals surface area (Å²) in [6.07, 6.45) is 0. The van der Waals surface area contributed by atoms with Gasteiger partial charge in [0.05, 0.1) is 0 Å². The van der Waals surface area contributed by atoms with Crippen molar-refractivity contribution in [2.45, 2.75) is 19.3 Å². The summed E-state index contributed by atoms with van der Waals surface area (Å²) in [6, 6.07) is 68.0. The van der Waals surface area contributed by atoms with Crippen molar-refractivity contribution in [2.24, 2.45) is 0 Å². The molecule has 10 aromatic carbocycles. The van der Waals surface area contributed by atoms with E-state index in [4.69, 9.17) is 15.0 Å². The van der Waals surface area contributed by atoms with Gasteiger partial charge in [-0.2, -0.15) is 0 Å². The molecule has 3 nitrogen and oxygen atoms in total. The number of hydrogen-bond acceptors (Lipinski definition) is 3. The Morgan fingerprint density at radius 2 is 0.729 bits per heavy atom. The monoisotopic (exact) mass is 751 g/mol. The minimum atomic E-state index is -0.0409. The smallest absolute Gasteiger partial charge is 0.164 e. The quantitative estimate of drug-likeness (QED) is 0.168. The first-order chi connectivity index (χ1) is 29.0. The van der Waals surface area contributed by atoms with Gasteiger partial charge in [-0.3, -0.25) is 0 Å². The fourth-order valence-electron chi connectivity index (χ4n) is 9.68. The first-order valence-electron chi connectivity index (χ1n) is 20.3. The van der Waals surface area contributed by atoms with Crippen LogP contribution in [0.2, 0.25) is 0 Å². The number of benzene rings is 10. The molecule has 0 saturated heterocycles. The van der Waals surface area contributed by atoms with Crippen LogP contribution in [-0.4, -0.2) is 15.0 Å². The zero-order valence-electron chi connectivity index (χ0n) is 32.7. The maximum Gasteiger partial charge on any atom is 0.164 e. The number of nitrogens with zero attached hydrogens (tertiary/aromatic N) is 3. The summed E-state index contributed by atoms with van der Waals surface area (Å²) in [5.74, 6) is 1.94. The van der Waals surface area contributed by atoms with Crippen LogP contribution in [0.5, 0.6) is 0 Å². The van der Waals surface area contributed by atoms with Crippen LogP contribution in [0.1, 0.15) is 25.0 Å². The third-order valence-electron chi connectivity index (χ3n) is 12.7. The van der Waals surface area contributed by atoms with Crippen LogP contribution in [0.3, 0.4) is 0 Å². The number of hydrogen-bond donors (Lipinski definition) is 0. The zero-order valence-corrected chi connectivity index (χ0v) is 32.7. The predicted octanol–water partition coefficient (Wildman–Crippen LogP) is 14.6. The molecule has 0 radical (unpaired) electrons. The van der Waals surface area contributed by atoms with Gasteiger partial charge < -0.3 is 0 Å². The second-order valence-corrected chi connectivity index (χ2v) is 16.4. The Morgan fingerprint density at radius 3 is 1.37 bits per heavy atom. The Morgan fingerprint density at radius 1 is 0.288 bits per heavy atom. The first-order valence-corrected chi connectivity index (χ1v) is 20.3. The largest absolute Gasteiger partial charge is 0.208 e. The maximum atomic E-state index is 5.32. The fourth-order valence-corrected chi connectivity index (χ4v) is 9.68. The molecular weight excluding hydrogens is 715 g/mol. The molecule has 0 saturated carbocycles. The fraction of sp³-hybridized carbons (Fsp3) is 0.0536. The highest BCUT2D eigenvalue weighted by atomic mass is 15.0. The highest BCUT2D eigenvalue weighted by Crippen LogP contribution is 2.50. The average Bonchev–Trinajstić information content (AvgIpc) is 3.53. The summed E-state index contributed by atoms with van der Waals surface area (Å²) >= 11 is 0. The summed E-state index contributed by atoms with van der Waals surface area (Å²) in [7, 11) is 0. The molecule has 0 aliphatic heterocycles. The van der Waals surface area contributed by atoms with E-state index in [0.717, 1.165) is 27.5 Å². The van der Waals surface area contributed by atoms with E-state index in [2.05, 4.69) is 202 Å². The van der Waals surface area contributed by atoms with E-state index >= 15 is 0 Å². The van der Waals surface area contributed by atoms with E-state index in [1.54, 1.807) is 0 Å². The highest BCUT2D eigenvalue weighted by molar-refractivity contribution is 6.10. The molecule has 1 heterocycles. The second-order valence-electron chi connectivity index (χ2n) is 16.4. The lowest BCUT2D eigenvalue weighted by Gasteiger charge is -2.21. The van der Waals surface area contributed by atoms with Crippen molar-refractivity contribution in [3.05, 3.63) is 199 Å². The Labute approximate surface area is 342 Å². The van der Waals surface area contributed by atoms with Crippen LogP contribution in [0, 0.1) is 0 Å². The van der Waals surface area contributed by atoms with Crippen molar-refractivity contribution < 1.29 is 0 Å². The molecule has 0 N–H and O–H groups in total. The van der Waals surface area contributed by atoms with Crippen LogP contribution in [0.15, 0.2) is 188 Å². The molecule has 0 spiro atoms. The van der Waals surface area contributed by atoms with E-state index in [0.29, 0.717) is 17.5 Å². The standard InChI is InChI=1S/C56H37N3/c1-56(2)51-20-8-7-15-46(51)50-31-38(29-30-52(50)56)43-16-9-18-45-44(43)17-10-19-47(45)55-58-53(39-27-25-36-23-21-34-11-3-5-13-41(34)48(36)32-39)57-54(59-55)40-28-26-37-24-22-35-12-4-6-14-42(35)49(37)33-40/h3-33H,1-2H3. The van der Waals surface area contributed by atoms with Crippen LogP contribution < -0.4 is 0 Å². The van der Waals surface area contributed by atoms with Gasteiger partial charge in [0.25, 0.3) is 0 Å². The Balaban J connectivity index is 1.07. The molecule has 1 aromatic heterocycles. The van der Waals surface area contributed by atoms with Gasteiger partial charge in [0, 0.05) is 22.1 Å². The Bertz CT molecular complexity index is 3410. The van der Waals surface area contributed by atoms with Crippen LogP contribution in [-0.2, 0) is 5.41 Å². The zero-order chi connectivity index (χ0) is 39.2. The SMILES string of the molecule is CC1(C)c2ccccc2-c2cc(-c3cccc4c(-c5nc(-c6ccc7ccc8ccccc8c7c6)nc(-c6ccc7ccc8ccccc8c7c6)n5)cccc34)ccc21. The third kappa shape index (κ3) is 5.25. The summed E-state index contributed by atoms with van der Waals surface area (Å²) in [5.41, 5.74) is 10.6. The molecule has 0 bridgehead atoms. The van der Waals surface area contributed by atoms with Gasteiger partial charge in [0.2, 0.25) is 0 Å². The Kier molecular flexibility index (Phi) is 7.27. The molecular formula is C56H37N3. The van der Waals surface area contributed by atoms with Gasteiger partial charge in [-0.1, -0.05) is 184 Å². The molecule has 11 aromatic rings. The number of rotatable bonds is 4. The lowest BCUT2D eigenvalue weighted by Crippen LogP contribution is -2.14. The maximum absolute atomic E-state index is 5.32. The second kappa shape index (κ2) is 12.8. The molecule has 1 aliphatic carbocycles. The average molecular weight is 752 g/mol. The van der Waals surface area contributed by atoms with Crippen molar-refractivity contribution in [3.8, 4) is 56.4 Å². The van der Waals surface area contributed by atoms with Gasteiger partial charge in [-0.05, 0) is 105 Å². The van der Waals surface area contributed by atoms with Gasteiger partial charge in [-0.25, -0.2) is 15.0 Å². The van der Waals surface area contributed by atoms with Gasteiger partial charge in [0.15, 0.2) is 17.5 Å². The minimum absolute atomic E-state index is 0.0409. The topological polar surface area (TPSA) is 38.7 Å². The molecule has 12 rings (SSSR count). The van der Waals surface area contributed by atoms with E-state index in [9.17, 15) is 0 Å². The van der Waals surface area contributed by atoms with Gasteiger partial charge >= 0.3 is 0 Å². The van der Waals surface area contributed by atoms with E-state index in [1.165, 1.54) is 76.5 Å². The van der Waals surface area contributed by atoms with E-state index in [1.807, 2.05) is 0 Å². The predicted molar refractivity (Wildman–Crippen MR) is 247 cm³/mol. The summed E-state index contributed by atoms with van der Waals surface area (Å²) in [5, 5.41) is 11.8. The van der Waals surface area contributed by atoms with E-state index < -0.39 is 0 Å². The summed E-state index contributed by atoms with van der Waals surface area (Å²) in [4.78, 5) is 15.9. The molecule has 59 heavy (non-hydrogen) atoms. The van der Waals surface area contributed by atoms with Crippen molar-refractivity contribution >= 4 is 53.9 Å². The van der Waals surface area contributed by atoms with Gasteiger partial charge in [-0.15, -0.1) is 0 Å². The minimum Gasteiger partial charge on any atom is -0.208 e. The van der Waals surface area contributed by atoms with Crippen molar-refractivity contribution in [2.75, 3.05) is 0 Å². The van der Waals surface area contributed by atoms with Crippen LogP contribution in [0.4, 0.5) is 0 Å². The number of fused-ring (bicyclic) bond motifs is 10. The molecule has 0 amide bonds. The highest BCUT2D eigenvalue weighted by Gasteiger charge is 2.35. The summed E-state index contributed by atoms with van der Waals surface area (Å²) in [6.45, 7) is 4.66. The molecule has 1 aliphatic rings. The van der Waals surface area contributed by atoms with E-state index in [-0.39, 0.29) is 5.41 Å². The molecule has 0 fully saturated rings. The number of aromatic nitrogens is 3. The van der Waals surface area contributed by atoms with Crippen molar-refractivity contribution in [3.63, 3.8) is 0 Å². The molecule has 3 heteroatoms. The van der Waals surface area contributed by atoms with Crippen LogP contribution in [0.25, 0.3) is 110 Å². The Hall–Kier alpha value is -7.49. The lowest BCUT2D eigenvalue weighted by molar-refractivity contribution is 0.660. The molecule has 276 valence electrons. The summed E-state index contributed by atoms with van der Waals surface area (Å²) < 4.78 is 0. The van der Waals surface area contributed by atoms with Crippen molar-refractivity contribution in [1.29, 1.82) is 0 Å².